The van der Waals surface area contributed by atoms with Gasteiger partial charge in [0, 0.05) is 5.56 Å². The number of benzene rings is 2. The van der Waals surface area contributed by atoms with Crippen LogP contribution in [0.5, 0.6) is 0 Å². The van der Waals surface area contributed by atoms with Crippen molar-refractivity contribution in [3.05, 3.63) is 59.9 Å². The second-order valence-corrected chi connectivity index (χ2v) is 5.31. The van der Waals surface area contributed by atoms with Crippen LogP contribution in [0.1, 0.15) is 26.3 Å². The van der Waals surface area contributed by atoms with Crippen molar-refractivity contribution in [3.63, 3.8) is 0 Å². The minimum absolute atomic E-state index is 0.0846. The molecule has 2 rings (SSSR count). The predicted molar refractivity (Wildman–Crippen MR) is 70.5 cm³/mol. The highest BCUT2D eigenvalue weighted by Gasteiger charge is 2.14. The first-order valence-electron chi connectivity index (χ1n) is 5.84. The Morgan fingerprint density at radius 3 is 2.24 bits per heavy atom. The molecule has 2 aromatic rings. The predicted octanol–water partition coefficient (Wildman–Crippen LogP) is 4.79. The molecule has 0 saturated heterocycles. The molecule has 0 atom stereocenters. The first-order chi connectivity index (χ1) is 7.98. The van der Waals surface area contributed by atoms with Crippen LogP contribution in [-0.2, 0) is 5.41 Å². The normalized spacial score (nSPS) is 11.5. The van der Waals surface area contributed by atoms with Crippen molar-refractivity contribution in [2.75, 3.05) is 0 Å². The van der Waals surface area contributed by atoms with Gasteiger partial charge in [-0.25, -0.2) is 4.39 Å². The van der Waals surface area contributed by atoms with Gasteiger partial charge in [-0.05, 0) is 22.6 Å². The molecule has 0 N–H and O–H groups in total. The third-order valence-corrected chi connectivity index (χ3v) is 2.91. The maximum Gasteiger partial charge on any atom is 0.131 e. The largest absolute Gasteiger partial charge is 0.206 e. The average molecular weight is 228 g/mol. The summed E-state index contributed by atoms with van der Waals surface area (Å²) in [5.74, 6) is -0.168. The second-order valence-electron chi connectivity index (χ2n) is 5.31. The quantitative estimate of drug-likeness (QED) is 0.658. The third kappa shape index (κ3) is 2.55. The molecule has 17 heavy (non-hydrogen) atoms. The molecule has 88 valence electrons. The fourth-order valence-electron chi connectivity index (χ4n) is 1.85. The summed E-state index contributed by atoms with van der Waals surface area (Å²) in [5.41, 5.74) is 2.91. The Bertz CT molecular complexity index is 521. The summed E-state index contributed by atoms with van der Waals surface area (Å²) in [4.78, 5) is 0. The second kappa shape index (κ2) is 4.33. The van der Waals surface area contributed by atoms with Crippen LogP contribution < -0.4 is 0 Å². The van der Waals surface area contributed by atoms with Crippen LogP contribution in [-0.4, -0.2) is 0 Å². The van der Waals surface area contributed by atoms with Crippen LogP contribution in [0.2, 0.25) is 0 Å². The van der Waals surface area contributed by atoms with Crippen LogP contribution in [0.3, 0.4) is 0 Å². The van der Waals surface area contributed by atoms with Gasteiger partial charge in [-0.1, -0.05) is 63.2 Å². The first-order valence-corrected chi connectivity index (χ1v) is 5.84. The zero-order valence-corrected chi connectivity index (χ0v) is 10.5. The van der Waals surface area contributed by atoms with E-state index in [0.29, 0.717) is 5.56 Å². The molecule has 0 radical (unpaired) electrons. The van der Waals surface area contributed by atoms with E-state index in [2.05, 4.69) is 32.9 Å². The Balaban J connectivity index is 2.51. The lowest BCUT2D eigenvalue weighted by atomic mass is 9.85. The summed E-state index contributed by atoms with van der Waals surface area (Å²) in [6.45, 7) is 6.48. The van der Waals surface area contributed by atoms with E-state index in [-0.39, 0.29) is 11.2 Å². The highest BCUT2D eigenvalue weighted by Crippen LogP contribution is 2.28. The van der Waals surface area contributed by atoms with Crippen LogP contribution >= 0.6 is 0 Å². The molecule has 0 heterocycles. The van der Waals surface area contributed by atoms with Gasteiger partial charge in [-0.15, -0.1) is 0 Å². The van der Waals surface area contributed by atoms with E-state index in [0.717, 1.165) is 5.56 Å². The van der Waals surface area contributed by atoms with Gasteiger partial charge in [0.1, 0.15) is 5.82 Å². The molecular weight excluding hydrogens is 211 g/mol. The monoisotopic (exact) mass is 228 g/mol. The minimum atomic E-state index is -0.168. The maximum atomic E-state index is 13.7. The molecule has 0 aliphatic carbocycles. The molecule has 0 aliphatic heterocycles. The van der Waals surface area contributed by atoms with Crippen LogP contribution in [0, 0.1) is 5.82 Å². The number of rotatable bonds is 1. The van der Waals surface area contributed by atoms with E-state index in [9.17, 15) is 4.39 Å². The average Bonchev–Trinajstić information content (AvgIpc) is 2.29. The van der Waals surface area contributed by atoms with Crippen molar-refractivity contribution >= 4 is 0 Å². The molecule has 0 amide bonds. The molecule has 1 heteroatoms. The van der Waals surface area contributed by atoms with Gasteiger partial charge in [0.05, 0.1) is 0 Å². The van der Waals surface area contributed by atoms with E-state index in [1.165, 1.54) is 11.6 Å². The number of hydrogen-bond acceptors (Lipinski definition) is 0. The van der Waals surface area contributed by atoms with E-state index >= 15 is 0 Å². The van der Waals surface area contributed by atoms with Gasteiger partial charge in [0.2, 0.25) is 0 Å². The Morgan fingerprint density at radius 2 is 1.59 bits per heavy atom. The molecule has 0 bridgehead atoms. The van der Waals surface area contributed by atoms with Crippen LogP contribution in [0.4, 0.5) is 4.39 Å². The van der Waals surface area contributed by atoms with Crippen LogP contribution in [0.15, 0.2) is 48.5 Å². The zero-order chi connectivity index (χ0) is 12.5. The number of hydrogen-bond donors (Lipinski definition) is 0. The Morgan fingerprint density at radius 1 is 0.882 bits per heavy atom. The van der Waals surface area contributed by atoms with Crippen molar-refractivity contribution in [3.8, 4) is 11.1 Å². The number of halogens is 1. The smallest absolute Gasteiger partial charge is 0.131 e. The van der Waals surface area contributed by atoms with Gasteiger partial charge >= 0.3 is 0 Å². The lowest BCUT2D eigenvalue weighted by molar-refractivity contribution is 0.590. The molecule has 0 unspecified atom stereocenters. The van der Waals surface area contributed by atoms with E-state index in [1.54, 1.807) is 6.07 Å². The van der Waals surface area contributed by atoms with Gasteiger partial charge < -0.3 is 0 Å². The fraction of sp³-hybridized carbons (Fsp3) is 0.250. The molecule has 0 spiro atoms. The lowest BCUT2D eigenvalue weighted by Gasteiger charge is -2.19. The zero-order valence-electron chi connectivity index (χ0n) is 10.5. The third-order valence-electron chi connectivity index (χ3n) is 2.91. The summed E-state index contributed by atoms with van der Waals surface area (Å²) in [6, 6.07) is 15.0. The molecule has 0 aromatic heterocycles. The topological polar surface area (TPSA) is 0 Å². The van der Waals surface area contributed by atoms with Crippen molar-refractivity contribution in [2.24, 2.45) is 0 Å². The van der Waals surface area contributed by atoms with E-state index in [4.69, 9.17) is 0 Å². The highest BCUT2D eigenvalue weighted by molar-refractivity contribution is 5.65. The molecule has 0 saturated carbocycles. The first kappa shape index (κ1) is 11.8. The Kier molecular flexibility index (Phi) is 3.01. The van der Waals surface area contributed by atoms with E-state index < -0.39 is 0 Å². The Labute approximate surface area is 102 Å². The van der Waals surface area contributed by atoms with Crippen molar-refractivity contribution in [2.45, 2.75) is 26.2 Å². The minimum Gasteiger partial charge on any atom is -0.206 e. The summed E-state index contributed by atoms with van der Waals surface area (Å²) in [7, 11) is 0. The molecule has 0 aliphatic rings. The van der Waals surface area contributed by atoms with Gasteiger partial charge in [0.25, 0.3) is 0 Å². The fourth-order valence-corrected chi connectivity index (χ4v) is 1.85. The summed E-state index contributed by atoms with van der Waals surface area (Å²) in [6.07, 6.45) is 0. The van der Waals surface area contributed by atoms with Crippen LogP contribution in [0.25, 0.3) is 11.1 Å². The summed E-state index contributed by atoms with van der Waals surface area (Å²) >= 11 is 0. The van der Waals surface area contributed by atoms with E-state index in [1.807, 2.05) is 24.3 Å². The van der Waals surface area contributed by atoms with Gasteiger partial charge in [-0.3, -0.25) is 0 Å². The molecule has 0 fully saturated rings. The summed E-state index contributed by atoms with van der Waals surface area (Å²) < 4.78 is 13.7. The van der Waals surface area contributed by atoms with Crippen molar-refractivity contribution < 1.29 is 4.39 Å². The Hall–Kier alpha value is -1.63. The molecule has 2 aromatic carbocycles. The maximum absolute atomic E-state index is 13.7. The molecule has 0 nitrogen and oxygen atoms in total. The lowest BCUT2D eigenvalue weighted by Crippen LogP contribution is -2.10. The van der Waals surface area contributed by atoms with Crippen molar-refractivity contribution in [1.82, 2.24) is 0 Å². The van der Waals surface area contributed by atoms with Gasteiger partial charge in [0.15, 0.2) is 0 Å². The highest BCUT2D eigenvalue weighted by atomic mass is 19.1. The van der Waals surface area contributed by atoms with Crippen molar-refractivity contribution in [1.29, 1.82) is 0 Å². The molecular formula is C16H17F. The SMILES string of the molecule is CC(C)(C)c1cccc(-c2ccccc2F)c1. The summed E-state index contributed by atoms with van der Waals surface area (Å²) in [5, 5.41) is 0. The standard InChI is InChI=1S/C16H17F/c1-16(2,3)13-8-6-7-12(11-13)14-9-4-5-10-15(14)17/h4-11H,1-3H3. The van der Waals surface area contributed by atoms with Gasteiger partial charge in [-0.2, -0.15) is 0 Å².